The van der Waals surface area contributed by atoms with Gasteiger partial charge in [-0.2, -0.15) is 0 Å². The third-order valence-electron chi connectivity index (χ3n) is 1.99. The van der Waals surface area contributed by atoms with E-state index in [9.17, 15) is 56.6 Å². The molecule has 0 unspecified atom stereocenters. The third-order valence-corrected chi connectivity index (χ3v) is 1.99. The Morgan fingerprint density at radius 3 is 1.23 bits per heavy atom. The fourth-order valence-electron chi connectivity index (χ4n) is 1.28. The molecule has 1 nitrogen and oxygen atoms in total. The van der Waals surface area contributed by atoms with Gasteiger partial charge in [-0.15, -0.1) is 35.9 Å². The summed E-state index contributed by atoms with van der Waals surface area (Å²) < 4.78 is 117. The number of benzene rings is 2. The first-order valence-corrected chi connectivity index (χ1v) is 7.06. The second kappa shape index (κ2) is 15.8. The Hall–Kier alpha value is -0.899. The van der Waals surface area contributed by atoms with Crippen LogP contribution in [0.25, 0.3) is 0 Å². The van der Waals surface area contributed by atoms with Gasteiger partial charge in [0.1, 0.15) is 5.78 Å². The molecule has 0 bridgehead atoms. The second-order valence-electron chi connectivity index (χ2n) is 4.46. The quantitative estimate of drug-likeness (QED) is 0.278. The minimum atomic E-state index is -6.00. The van der Waals surface area contributed by atoms with Crippen LogP contribution in [0, 0.1) is 6.07 Å². The molecule has 0 amide bonds. The van der Waals surface area contributed by atoms with Crippen LogP contribution in [0.4, 0.5) is 51.8 Å². The first kappa shape index (κ1) is 33.7. The Morgan fingerprint density at radius 1 is 0.600 bits per heavy atom. The molecule has 0 aliphatic carbocycles. The average molecular weight is 481 g/mol. The molecule has 0 spiro atoms. The molecule has 2 aromatic carbocycles. The summed E-state index contributed by atoms with van der Waals surface area (Å²) in [5, 5.41) is 0. The summed E-state index contributed by atoms with van der Waals surface area (Å²) in [6.45, 7) is 0. The van der Waals surface area contributed by atoms with Gasteiger partial charge >= 0.3 is 73.1 Å². The number of carbonyl (C=O) groups is 1. The van der Waals surface area contributed by atoms with Crippen LogP contribution in [0.1, 0.15) is 15.9 Å². The summed E-state index contributed by atoms with van der Waals surface area (Å²) in [6, 6.07) is 19.4. The monoisotopic (exact) mass is 481 g/mol. The van der Waals surface area contributed by atoms with E-state index in [0.29, 0.717) is 11.1 Å². The number of rotatable bonds is 2. The van der Waals surface area contributed by atoms with Crippen molar-refractivity contribution in [2.75, 3.05) is 0 Å². The molecule has 0 atom stereocenters. The standard InChI is InChI=1S/C13H9O.3BF4.K/c14-13(11-7-3-1-4-8-11)12-9-5-2-6-10-12;3*2-1(3,4)5;/h1-9H;;;;/q4*-1;+1. The molecule has 0 radical (unpaired) electrons. The first-order valence-electron chi connectivity index (χ1n) is 7.06. The molecule has 17 heteroatoms. The molecule has 30 heavy (non-hydrogen) atoms. The predicted molar refractivity (Wildman–Crippen MR) is 85.7 cm³/mol. The summed E-state index contributed by atoms with van der Waals surface area (Å²) in [7, 11) is -18.0. The van der Waals surface area contributed by atoms with Crippen molar-refractivity contribution in [2.24, 2.45) is 0 Å². The maximum Gasteiger partial charge on any atom is 1.00 e. The van der Waals surface area contributed by atoms with E-state index in [-0.39, 0.29) is 57.2 Å². The zero-order valence-electron chi connectivity index (χ0n) is 14.9. The average Bonchev–Trinajstić information content (AvgIpc) is 2.51. The van der Waals surface area contributed by atoms with Crippen molar-refractivity contribution >= 4 is 27.5 Å². The summed E-state index contributed by atoms with van der Waals surface area (Å²) in [5.74, 6) is 0.0196. The van der Waals surface area contributed by atoms with Crippen molar-refractivity contribution in [1.29, 1.82) is 0 Å². The number of carbonyl (C=O) groups excluding carboxylic acids is 1. The smallest absolute Gasteiger partial charge is 0.418 e. The van der Waals surface area contributed by atoms with Crippen LogP contribution in [-0.4, -0.2) is 27.5 Å². The molecule has 0 saturated heterocycles. The van der Waals surface area contributed by atoms with Crippen LogP contribution < -0.4 is 51.4 Å². The van der Waals surface area contributed by atoms with Crippen molar-refractivity contribution in [2.45, 2.75) is 0 Å². The van der Waals surface area contributed by atoms with Crippen LogP contribution in [0.3, 0.4) is 0 Å². The molecular weight excluding hydrogens is 472 g/mol. The van der Waals surface area contributed by atoms with E-state index < -0.39 is 21.8 Å². The van der Waals surface area contributed by atoms with Gasteiger partial charge in [0.05, 0.1) is 0 Å². The molecule has 0 aliphatic rings. The van der Waals surface area contributed by atoms with Gasteiger partial charge in [-0.3, -0.25) is 0 Å². The van der Waals surface area contributed by atoms with E-state index in [1.165, 1.54) is 0 Å². The van der Waals surface area contributed by atoms with E-state index in [1.807, 2.05) is 42.5 Å². The van der Waals surface area contributed by atoms with E-state index in [4.69, 9.17) is 0 Å². The van der Waals surface area contributed by atoms with Crippen LogP contribution >= 0.6 is 0 Å². The van der Waals surface area contributed by atoms with Gasteiger partial charge in [0.25, 0.3) is 0 Å². The molecule has 0 heterocycles. The Morgan fingerprint density at radius 2 is 0.933 bits per heavy atom. The molecule has 164 valence electrons. The fourth-order valence-corrected chi connectivity index (χ4v) is 1.28. The summed E-state index contributed by atoms with van der Waals surface area (Å²) in [4.78, 5) is 11.8. The summed E-state index contributed by atoms with van der Waals surface area (Å²) in [6.07, 6.45) is 0. The molecule has 0 aliphatic heterocycles. The molecule has 0 aromatic heterocycles. The molecule has 0 fully saturated rings. The Balaban J connectivity index is -0.000000383. The van der Waals surface area contributed by atoms with Crippen LogP contribution in [0.15, 0.2) is 54.6 Å². The minimum absolute atomic E-state index is 0. The maximum atomic E-state index is 11.8. The van der Waals surface area contributed by atoms with Gasteiger partial charge in [0.15, 0.2) is 0 Å². The first-order chi connectivity index (χ1) is 12.9. The van der Waals surface area contributed by atoms with Gasteiger partial charge in [-0.25, -0.2) is 0 Å². The number of hydrogen-bond donors (Lipinski definition) is 0. The van der Waals surface area contributed by atoms with Gasteiger partial charge in [0, 0.05) is 0 Å². The molecular formula is C13H9B3F12KO-3. The van der Waals surface area contributed by atoms with Crippen molar-refractivity contribution in [3.63, 3.8) is 0 Å². The van der Waals surface area contributed by atoms with Crippen molar-refractivity contribution in [1.82, 2.24) is 0 Å². The molecule has 2 aromatic rings. The van der Waals surface area contributed by atoms with Crippen LogP contribution in [-0.2, 0) is 0 Å². The topological polar surface area (TPSA) is 17.1 Å². The second-order valence-corrected chi connectivity index (χ2v) is 4.46. The van der Waals surface area contributed by atoms with Gasteiger partial charge in [-0.05, 0) is 5.56 Å². The Labute approximate surface area is 206 Å². The number of ketones is 1. The number of halogens is 12. The van der Waals surface area contributed by atoms with Crippen molar-refractivity contribution in [3.05, 3.63) is 71.8 Å². The van der Waals surface area contributed by atoms with Crippen LogP contribution in [0.2, 0.25) is 0 Å². The SMILES string of the molecule is F[B-](F)(F)F.F[B-](F)(F)F.F[B-](F)(F)F.O=C(c1[c-]cccc1)c1ccccc1.[K+]. The zero-order valence-corrected chi connectivity index (χ0v) is 18.0. The van der Waals surface area contributed by atoms with Crippen molar-refractivity contribution in [3.8, 4) is 0 Å². The Kier molecular flexibility index (Phi) is 17.8. The third kappa shape index (κ3) is 34.6. The van der Waals surface area contributed by atoms with Gasteiger partial charge < -0.3 is 56.6 Å². The zero-order chi connectivity index (χ0) is 23.3. The predicted octanol–water partition coefficient (Wildman–Crippen LogP) is 3.62. The van der Waals surface area contributed by atoms with Gasteiger partial charge in [0.2, 0.25) is 0 Å². The summed E-state index contributed by atoms with van der Waals surface area (Å²) in [5.41, 5.74) is 1.31. The molecule has 0 saturated carbocycles. The normalized spacial score (nSPS) is 10.5. The van der Waals surface area contributed by atoms with E-state index >= 15 is 0 Å². The number of hydrogen-bond acceptors (Lipinski definition) is 1. The van der Waals surface area contributed by atoms with E-state index in [1.54, 1.807) is 12.1 Å². The molecule has 0 N–H and O–H groups in total. The minimum Gasteiger partial charge on any atom is -0.418 e. The fraction of sp³-hybridized carbons (Fsp3) is 0. The van der Waals surface area contributed by atoms with Crippen LogP contribution in [0.5, 0.6) is 0 Å². The Bertz CT molecular complexity index is 604. The molecule has 2 rings (SSSR count). The largest absolute Gasteiger partial charge is 1.00 e. The van der Waals surface area contributed by atoms with E-state index in [2.05, 4.69) is 6.07 Å². The van der Waals surface area contributed by atoms with Gasteiger partial charge in [-0.1, -0.05) is 30.3 Å². The summed E-state index contributed by atoms with van der Waals surface area (Å²) >= 11 is 0. The van der Waals surface area contributed by atoms with E-state index in [0.717, 1.165) is 0 Å². The van der Waals surface area contributed by atoms with Crippen molar-refractivity contribution < 1.29 is 108 Å². The maximum absolute atomic E-state index is 11.8.